The average molecular weight is 257 g/mol. The van der Waals surface area contributed by atoms with Crippen LogP contribution in [0.1, 0.15) is 19.3 Å². The first-order valence-corrected chi connectivity index (χ1v) is 6.14. The van der Waals surface area contributed by atoms with Crippen molar-refractivity contribution in [2.45, 2.75) is 24.8 Å². The summed E-state index contributed by atoms with van der Waals surface area (Å²) in [4.78, 5) is 0. The lowest BCUT2D eigenvalue weighted by molar-refractivity contribution is 0.406. The molecule has 0 atom stereocenters. The molecule has 0 fully saturated rings. The highest BCUT2D eigenvalue weighted by Gasteiger charge is 2.25. The minimum absolute atomic E-state index is 0.346. The van der Waals surface area contributed by atoms with Crippen LogP contribution in [0, 0.1) is 12.3 Å². The maximum Gasteiger partial charge on any atom is 0.166 e. The number of terminal acetylenes is 1. The van der Waals surface area contributed by atoms with Gasteiger partial charge in [0.2, 0.25) is 0 Å². The van der Waals surface area contributed by atoms with Crippen molar-refractivity contribution in [3.05, 3.63) is 0 Å². The molecule has 0 aliphatic rings. The summed E-state index contributed by atoms with van der Waals surface area (Å²) < 4.78 is 0. The highest BCUT2D eigenvalue weighted by molar-refractivity contribution is 7.80. The van der Waals surface area contributed by atoms with E-state index < -0.39 is 5.54 Å². The van der Waals surface area contributed by atoms with E-state index in [4.69, 9.17) is 35.8 Å². The molecule has 0 aromatic carbocycles. The SMILES string of the molecule is C#CCCCCNC(=S)NC(CN)(CN)CN. The summed E-state index contributed by atoms with van der Waals surface area (Å²) in [6.07, 6.45) is 7.92. The van der Waals surface area contributed by atoms with Crippen molar-refractivity contribution in [1.29, 1.82) is 0 Å². The first-order chi connectivity index (χ1) is 8.14. The molecule has 0 spiro atoms. The van der Waals surface area contributed by atoms with Crippen LogP contribution < -0.4 is 27.8 Å². The third kappa shape index (κ3) is 6.44. The van der Waals surface area contributed by atoms with Gasteiger partial charge in [0, 0.05) is 32.6 Å². The van der Waals surface area contributed by atoms with E-state index in [2.05, 4.69) is 16.6 Å². The Bertz CT molecular complexity index is 249. The molecule has 0 aliphatic carbocycles. The first-order valence-electron chi connectivity index (χ1n) is 5.74. The normalized spacial score (nSPS) is 10.7. The predicted octanol–water partition coefficient (Wildman–Crippen LogP) is -1.13. The van der Waals surface area contributed by atoms with Crippen molar-refractivity contribution in [3.63, 3.8) is 0 Å². The van der Waals surface area contributed by atoms with Gasteiger partial charge in [0.25, 0.3) is 0 Å². The van der Waals surface area contributed by atoms with Crippen LogP contribution in [0.4, 0.5) is 0 Å². The van der Waals surface area contributed by atoms with Crippen molar-refractivity contribution >= 4 is 17.3 Å². The number of nitrogens with two attached hydrogens (primary N) is 3. The first kappa shape index (κ1) is 16.1. The van der Waals surface area contributed by atoms with Crippen molar-refractivity contribution in [2.75, 3.05) is 26.2 Å². The van der Waals surface area contributed by atoms with Crippen molar-refractivity contribution in [1.82, 2.24) is 10.6 Å². The highest BCUT2D eigenvalue weighted by atomic mass is 32.1. The summed E-state index contributed by atoms with van der Waals surface area (Å²) in [5.41, 5.74) is 16.4. The summed E-state index contributed by atoms with van der Waals surface area (Å²) in [6.45, 7) is 1.82. The van der Waals surface area contributed by atoms with E-state index in [1.54, 1.807) is 0 Å². The number of unbranched alkanes of at least 4 members (excludes halogenated alkanes) is 2. The van der Waals surface area contributed by atoms with Gasteiger partial charge in [-0.25, -0.2) is 0 Å². The number of thiocarbonyl (C=S) groups is 1. The fourth-order valence-corrected chi connectivity index (χ4v) is 1.56. The van der Waals surface area contributed by atoms with Gasteiger partial charge < -0.3 is 27.8 Å². The molecular formula is C11H23N5S. The van der Waals surface area contributed by atoms with Crippen LogP contribution in [-0.4, -0.2) is 36.8 Å². The largest absolute Gasteiger partial charge is 0.363 e. The number of rotatable bonds is 8. The summed E-state index contributed by atoms with van der Waals surface area (Å²) in [5.74, 6) is 2.60. The summed E-state index contributed by atoms with van der Waals surface area (Å²) >= 11 is 5.15. The Hall–Kier alpha value is -0.870. The Morgan fingerprint density at radius 1 is 1.18 bits per heavy atom. The molecule has 0 saturated heterocycles. The molecule has 98 valence electrons. The molecule has 0 heterocycles. The zero-order chi connectivity index (χ0) is 13.1. The van der Waals surface area contributed by atoms with Crippen LogP contribution in [0.5, 0.6) is 0 Å². The zero-order valence-electron chi connectivity index (χ0n) is 10.2. The molecule has 0 rings (SSSR count). The van der Waals surface area contributed by atoms with Crippen molar-refractivity contribution in [3.8, 4) is 12.3 Å². The fourth-order valence-electron chi connectivity index (χ4n) is 1.24. The van der Waals surface area contributed by atoms with Gasteiger partial charge in [-0.15, -0.1) is 12.3 Å². The summed E-state index contributed by atoms with van der Waals surface area (Å²) in [6, 6.07) is 0. The monoisotopic (exact) mass is 257 g/mol. The Balaban J connectivity index is 3.88. The van der Waals surface area contributed by atoms with Crippen LogP contribution in [0.3, 0.4) is 0 Å². The minimum Gasteiger partial charge on any atom is -0.363 e. The van der Waals surface area contributed by atoms with Gasteiger partial charge in [-0.2, -0.15) is 0 Å². The van der Waals surface area contributed by atoms with Crippen LogP contribution in [0.25, 0.3) is 0 Å². The molecule has 0 radical (unpaired) electrons. The minimum atomic E-state index is -0.511. The Labute approximate surface area is 109 Å². The van der Waals surface area contributed by atoms with E-state index >= 15 is 0 Å². The Morgan fingerprint density at radius 3 is 2.24 bits per heavy atom. The smallest absolute Gasteiger partial charge is 0.166 e. The van der Waals surface area contributed by atoms with E-state index in [-0.39, 0.29) is 0 Å². The lowest BCUT2D eigenvalue weighted by atomic mass is 10.0. The molecule has 0 aliphatic heterocycles. The molecule has 0 unspecified atom stereocenters. The molecular weight excluding hydrogens is 234 g/mol. The van der Waals surface area contributed by atoms with Crippen LogP contribution in [0.2, 0.25) is 0 Å². The predicted molar refractivity (Wildman–Crippen MR) is 76.3 cm³/mol. The number of hydrogen-bond donors (Lipinski definition) is 5. The molecule has 0 amide bonds. The molecule has 5 nitrogen and oxygen atoms in total. The third-order valence-electron chi connectivity index (χ3n) is 2.58. The van der Waals surface area contributed by atoms with Gasteiger partial charge in [-0.05, 0) is 25.1 Å². The molecule has 0 aromatic rings. The van der Waals surface area contributed by atoms with Crippen LogP contribution >= 0.6 is 12.2 Å². The fraction of sp³-hybridized carbons (Fsp3) is 0.727. The van der Waals surface area contributed by atoms with Crippen molar-refractivity contribution in [2.24, 2.45) is 17.2 Å². The lowest BCUT2D eigenvalue weighted by Gasteiger charge is -2.32. The van der Waals surface area contributed by atoms with Crippen LogP contribution in [0.15, 0.2) is 0 Å². The average Bonchev–Trinajstić information content (AvgIpc) is 2.36. The topological polar surface area (TPSA) is 102 Å². The molecule has 8 N–H and O–H groups in total. The van der Waals surface area contributed by atoms with E-state index in [1.807, 2.05) is 0 Å². The van der Waals surface area contributed by atoms with E-state index in [0.29, 0.717) is 24.7 Å². The molecule has 6 heteroatoms. The van der Waals surface area contributed by atoms with E-state index in [1.165, 1.54) is 0 Å². The van der Waals surface area contributed by atoms with Crippen LogP contribution in [-0.2, 0) is 0 Å². The van der Waals surface area contributed by atoms with Gasteiger partial charge in [-0.1, -0.05) is 0 Å². The third-order valence-corrected chi connectivity index (χ3v) is 2.83. The number of nitrogens with one attached hydrogen (secondary N) is 2. The molecule has 0 aromatic heterocycles. The van der Waals surface area contributed by atoms with E-state index in [0.717, 1.165) is 25.8 Å². The second kappa shape index (κ2) is 9.19. The zero-order valence-corrected chi connectivity index (χ0v) is 11.0. The molecule has 0 bridgehead atoms. The summed E-state index contributed by atoms with van der Waals surface area (Å²) in [7, 11) is 0. The maximum absolute atomic E-state index is 5.64. The quantitative estimate of drug-likeness (QED) is 0.214. The van der Waals surface area contributed by atoms with Gasteiger partial charge in [0.15, 0.2) is 5.11 Å². The lowest BCUT2D eigenvalue weighted by Crippen LogP contribution is -2.64. The summed E-state index contributed by atoms with van der Waals surface area (Å²) in [5, 5.41) is 6.69. The van der Waals surface area contributed by atoms with Gasteiger partial charge in [0.1, 0.15) is 0 Å². The molecule has 0 saturated carbocycles. The van der Waals surface area contributed by atoms with Crippen molar-refractivity contribution < 1.29 is 0 Å². The standard InChI is InChI=1S/C11H23N5S/c1-2-3-4-5-6-15-10(17)16-11(7-12,8-13)9-14/h1H,3-9,12-14H2,(H2,15,16,17). The van der Waals surface area contributed by atoms with Gasteiger partial charge in [0.05, 0.1) is 5.54 Å². The molecule has 17 heavy (non-hydrogen) atoms. The second-order valence-corrected chi connectivity index (χ2v) is 4.34. The van der Waals surface area contributed by atoms with E-state index in [9.17, 15) is 0 Å². The Morgan fingerprint density at radius 2 is 1.76 bits per heavy atom. The second-order valence-electron chi connectivity index (χ2n) is 3.93. The Kier molecular flexibility index (Phi) is 8.72. The van der Waals surface area contributed by atoms with Gasteiger partial charge >= 0.3 is 0 Å². The number of hydrogen-bond acceptors (Lipinski definition) is 4. The highest BCUT2D eigenvalue weighted by Crippen LogP contribution is 1.97. The maximum atomic E-state index is 5.64. The van der Waals surface area contributed by atoms with Gasteiger partial charge in [-0.3, -0.25) is 0 Å².